The van der Waals surface area contributed by atoms with E-state index in [1.165, 1.54) is 0 Å². The third-order valence-corrected chi connectivity index (χ3v) is 6.50. The summed E-state index contributed by atoms with van der Waals surface area (Å²) in [5.41, 5.74) is 3.26. The van der Waals surface area contributed by atoms with Gasteiger partial charge >= 0.3 is 0 Å². The fourth-order valence-corrected chi connectivity index (χ4v) is 5.01. The minimum atomic E-state index is -0.315. The van der Waals surface area contributed by atoms with Crippen molar-refractivity contribution in [3.63, 3.8) is 0 Å². The second-order valence-electron chi connectivity index (χ2n) is 8.22. The highest BCUT2D eigenvalue weighted by molar-refractivity contribution is 5.89. The summed E-state index contributed by atoms with van der Waals surface area (Å²) in [6.07, 6.45) is 4.63. The van der Waals surface area contributed by atoms with Gasteiger partial charge in [-0.2, -0.15) is 5.26 Å². The van der Waals surface area contributed by atoms with E-state index in [-0.39, 0.29) is 42.6 Å². The Morgan fingerprint density at radius 2 is 2.13 bits per heavy atom. The maximum Gasteiger partial charge on any atom is 0.154 e. The van der Waals surface area contributed by atoms with Crippen LogP contribution >= 0.6 is 0 Å². The van der Waals surface area contributed by atoms with Gasteiger partial charge < -0.3 is 15.2 Å². The summed E-state index contributed by atoms with van der Waals surface area (Å²) in [6, 6.07) is 11.5. The van der Waals surface area contributed by atoms with Crippen LogP contribution in [-0.4, -0.2) is 41.7 Å². The number of nitrogens with zero attached hydrogens (tertiary/aromatic N) is 2. The van der Waals surface area contributed by atoms with Crippen LogP contribution in [0.5, 0.6) is 5.75 Å². The van der Waals surface area contributed by atoms with E-state index in [0.717, 1.165) is 41.7 Å². The number of aromatic nitrogens is 1. The van der Waals surface area contributed by atoms with Crippen LogP contribution in [0.4, 0.5) is 0 Å². The molecule has 0 radical (unpaired) electrons. The molecule has 0 bridgehead atoms. The van der Waals surface area contributed by atoms with Gasteiger partial charge in [-0.05, 0) is 42.0 Å². The monoisotopic (exact) mass is 405 g/mol. The lowest BCUT2D eigenvalue weighted by Gasteiger charge is -2.31. The van der Waals surface area contributed by atoms with Gasteiger partial charge in [0, 0.05) is 30.6 Å². The zero-order chi connectivity index (χ0) is 21.1. The molecule has 156 valence electrons. The van der Waals surface area contributed by atoms with Gasteiger partial charge in [0.1, 0.15) is 5.75 Å². The maximum atomic E-state index is 13.3. The largest absolute Gasteiger partial charge is 0.496 e. The van der Waals surface area contributed by atoms with Crippen molar-refractivity contribution in [3.05, 3.63) is 47.8 Å². The van der Waals surface area contributed by atoms with Gasteiger partial charge in [0.2, 0.25) is 0 Å². The first-order valence-corrected chi connectivity index (χ1v) is 10.5. The molecule has 2 heterocycles. The van der Waals surface area contributed by atoms with Crippen LogP contribution in [0.3, 0.4) is 0 Å². The van der Waals surface area contributed by atoms with Gasteiger partial charge in [0.25, 0.3) is 0 Å². The van der Waals surface area contributed by atoms with Gasteiger partial charge in [0.05, 0.1) is 37.4 Å². The predicted molar refractivity (Wildman–Crippen MR) is 113 cm³/mol. The summed E-state index contributed by atoms with van der Waals surface area (Å²) < 4.78 is 5.53. The number of para-hydroxylation sites is 1. The normalized spacial score (nSPS) is 25.4. The zero-order valence-electron chi connectivity index (χ0n) is 17.2. The topological polar surface area (TPSA) is 95.2 Å². The second-order valence-corrected chi connectivity index (χ2v) is 8.22. The molecule has 2 aliphatic rings. The lowest BCUT2D eigenvalue weighted by Crippen LogP contribution is -2.39. The van der Waals surface area contributed by atoms with Crippen molar-refractivity contribution in [2.75, 3.05) is 13.7 Å². The van der Waals surface area contributed by atoms with E-state index in [0.29, 0.717) is 12.2 Å². The summed E-state index contributed by atoms with van der Waals surface area (Å²) in [5, 5.41) is 22.7. The summed E-state index contributed by atoms with van der Waals surface area (Å²) in [7, 11) is 1.62. The number of ether oxygens (including phenoxy) is 1. The quantitative estimate of drug-likeness (QED) is 0.767. The molecule has 2 N–H and O–H groups in total. The highest BCUT2D eigenvalue weighted by Crippen LogP contribution is 2.38. The molecule has 4 rings (SSSR count). The van der Waals surface area contributed by atoms with E-state index >= 15 is 0 Å². The van der Waals surface area contributed by atoms with E-state index in [1.54, 1.807) is 13.3 Å². The first-order chi connectivity index (χ1) is 14.6. The first-order valence-electron chi connectivity index (χ1n) is 10.5. The number of aliphatic hydroxyl groups excluding tert-OH is 1. The number of pyridine rings is 1. The molecule has 6 heteroatoms. The summed E-state index contributed by atoms with van der Waals surface area (Å²) >= 11 is 0. The smallest absolute Gasteiger partial charge is 0.154 e. The Hall–Kier alpha value is -2.75. The highest BCUT2D eigenvalue weighted by Gasteiger charge is 2.44. The van der Waals surface area contributed by atoms with E-state index in [9.17, 15) is 9.90 Å². The van der Waals surface area contributed by atoms with Crippen molar-refractivity contribution >= 4 is 5.78 Å². The molecular weight excluding hydrogens is 378 g/mol. The molecule has 1 unspecified atom stereocenters. The number of carbonyl (C=O) groups excluding carboxylic acids is 1. The summed E-state index contributed by atoms with van der Waals surface area (Å²) in [6.45, 7) is 0.695. The fourth-order valence-electron chi connectivity index (χ4n) is 5.01. The van der Waals surface area contributed by atoms with Gasteiger partial charge in [-0.3, -0.25) is 9.78 Å². The van der Waals surface area contributed by atoms with Crippen LogP contribution in [0.1, 0.15) is 30.5 Å². The maximum absolute atomic E-state index is 13.3. The van der Waals surface area contributed by atoms with Crippen LogP contribution in [-0.2, 0) is 17.6 Å². The third-order valence-electron chi connectivity index (χ3n) is 6.50. The Morgan fingerprint density at radius 3 is 2.93 bits per heavy atom. The fraction of sp³-hybridized carbons (Fsp3) is 0.458. The highest BCUT2D eigenvalue weighted by atomic mass is 16.5. The Bertz CT molecular complexity index is 968. The van der Waals surface area contributed by atoms with E-state index in [1.807, 2.05) is 30.3 Å². The molecule has 2 aromatic rings. The molecule has 1 saturated heterocycles. The molecule has 1 aromatic carbocycles. The van der Waals surface area contributed by atoms with E-state index in [2.05, 4.69) is 16.4 Å². The van der Waals surface area contributed by atoms with Crippen molar-refractivity contribution in [1.29, 1.82) is 5.26 Å². The Balaban J connectivity index is 1.64. The molecule has 1 aromatic heterocycles. The lowest BCUT2D eigenvalue weighted by atomic mass is 9.75. The molecule has 1 aliphatic heterocycles. The molecule has 4 atom stereocenters. The molecule has 6 nitrogen and oxygen atoms in total. The number of benzene rings is 1. The Labute approximate surface area is 176 Å². The number of ketones is 1. The Morgan fingerprint density at radius 1 is 1.30 bits per heavy atom. The van der Waals surface area contributed by atoms with Crippen molar-refractivity contribution in [3.8, 4) is 22.9 Å². The van der Waals surface area contributed by atoms with Gasteiger partial charge in [-0.1, -0.05) is 24.6 Å². The third kappa shape index (κ3) is 3.96. The number of nitriles is 1. The first kappa shape index (κ1) is 20.5. The van der Waals surface area contributed by atoms with Crippen molar-refractivity contribution in [2.45, 2.75) is 44.2 Å². The summed E-state index contributed by atoms with van der Waals surface area (Å²) in [5.74, 6) is 1.21. The number of aliphatic hydroxyl groups is 1. The van der Waals surface area contributed by atoms with Crippen LogP contribution in [0, 0.1) is 23.2 Å². The van der Waals surface area contributed by atoms with Gasteiger partial charge in [-0.25, -0.2) is 0 Å². The van der Waals surface area contributed by atoms with E-state index in [4.69, 9.17) is 10.00 Å². The van der Waals surface area contributed by atoms with Crippen LogP contribution < -0.4 is 10.1 Å². The molecule has 2 fully saturated rings. The molecule has 1 aliphatic carbocycles. The molecule has 0 amide bonds. The average Bonchev–Trinajstić information content (AvgIpc) is 3.20. The molecule has 0 spiro atoms. The molecular formula is C24H27N3O3. The number of hydrogen-bond donors (Lipinski definition) is 2. The zero-order valence-corrected chi connectivity index (χ0v) is 17.2. The van der Waals surface area contributed by atoms with Crippen LogP contribution in [0.25, 0.3) is 11.1 Å². The predicted octanol–water partition coefficient (Wildman–Crippen LogP) is 2.68. The van der Waals surface area contributed by atoms with Gasteiger partial charge in [0.15, 0.2) is 5.78 Å². The number of nitrogens with one attached hydrogen (secondary N) is 1. The van der Waals surface area contributed by atoms with Crippen molar-refractivity contribution in [1.82, 2.24) is 10.3 Å². The lowest BCUT2D eigenvalue weighted by molar-refractivity contribution is -0.121. The van der Waals surface area contributed by atoms with E-state index < -0.39 is 0 Å². The van der Waals surface area contributed by atoms with Gasteiger partial charge in [-0.15, -0.1) is 0 Å². The molecule has 1 saturated carbocycles. The number of hydrogen-bond acceptors (Lipinski definition) is 6. The SMILES string of the molecule is COc1ccccc1-c1cc(CC#N)ncc1CC(=O)C1NC[C@H]2[C@@H](O)CCC[C@@H]12. The van der Waals surface area contributed by atoms with Crippen LogP contribution in [0.15, 0.2) is 36.5 Å². The Kier molecular flexibility index (Phi) is 6.12. The summed E-state index contributed by atoms with van der Waals surface area (Å²) in [4.78, 5) is 17.7. The van der Waals surface area contributed by atoms with Crippen molar-refractivity contribution < 1.29 is 14.6 Å². The molecule has 30 heavy (non-hydrogen) atoms. The average molecular weight is 405 g/mol. The second kappa shape index (κ2) is 8.95. The number of methoxy groups -OCH3 is 1. The van der Waals surface area contributed by atoms with Crippen LogP contribution in [0.2, 0.25) is 0 Å². The number of rotatable bonds is 6. The number of carbonyl (C=O) groups is 1. The minimum Gasteiger partial charge on any atom is -0.496 e. The minimum absolute atomic E-state index is 0.127. The van der Waals surface area contributed by atoms with Crippen molar-refractivity contribution in [2.24, 2.45) is 11.8 Å². The standard InChI is InChI=1S/C24H27N3O3/c1-30-23-8-3-2-5-17(23)19-12-16(9-10-25)26-13-15(19)11-22(29)24-18-6-4-7-21(28)20(18)14-27-24/h2-3,5,8,12-13,18,20-21,24,27-28H,4,6-7,9,11,14H2,1H3/t18-,20-,21+,24?/m1/s1. The number of Topliss-reactive ketones (excluding diaryl/α,β-unsaturated/α-hetero) is 1. The number of fused-ring (bicyclic) bond motifs is 1.